The molecular weight excluding hydrogens is 332 g/mol. The number of amides is 1. The summed E-state index contributed by atoms with van der Waals surface area (Å²) in [4.78, 5) is 23.2. The standard InChI is InChI=1S/C19H24N4OS/c1-20-18(24)17-9-5-6-10-23(17)13-16-11-21-19(22-12-16)25-14-15-7-3-2-4-8-15/h2-4,7-8,11-12,17H,5-6,9-10,13-14H2,1H3,(H,20,24)/t17-/m1/s1. The molecule has 6 heteroatoms. The summed E-state index contributed by atoms with van der Waals surface area (Å²) in [6.45, 7) is 1.67. The SMILES string of the molecule is CNC(=O)[C@H]1CCCCN1Cc1cnc(SCc2ccccc2)nc1. The van der Waals surface area contributed by atoms with Crippen molar-refractivity contribution in [3.05, 3.63) is 53.9 Å². The number of likely N-dealkylation sites (N-methyl/N-ethyl adjacent to an activating group) is 1. The van der Waals surface area contributed by atoms with E-state index in [9.17, 15) is 4.79 Å². The number of nitrogens with one attached hydrogen (secondary N) is 1. The van der Waals surface area contributed by atoms with Gasteiger partial charge in [0, 0.05) is 37.3 Å². The first kappa shape index (κ1) is 17.9. The molecule has 1 aromatic heterocycles. The Bertz CT molecular complexity index is 678. The maximum absolute atomic E-state index is 12.1. The van der Waals surface area contributed by atoms with Crippen molar-refractivity contribution in [1.29, 1.82) is 0 Å². The summed E-state index contributed by atoms with van der Waals surface area (Å²) in [5.74, 6) is 0.973. The summed E-state index contributed by atoms with van der Waals surface area (Å²) in [5, 5.41) is 3.56. The lowest BCUT2D eigenvalue weighted by atomic mass is 10.0. The van der Waals surface area contributed by atoms with Gasteiger partial charge in [-0.05, 0) is 24.9 Å². The van der Waals surface area contributed by atoms with Gasteiger partial charge in [-0.3, -0.25) is 9.69 Å². The highest BCUT2D eigenvalue weighted by Crippen LogP contribution is 2.21. The number of rotatable bonds is 6. The van der Waals surface area contributed by atoms with Crippen LogP contribution in [0.1, 0.15) is 30.4 Å². The highest BCUT2D eigenvalue weighted by atomic mass is 32.2. The minimum Gasteiger partial charge on any atom is -0.358 e. The molecule has 1 fully saturated rings. The van der Waals surface area contributed by atoms with E-state index in [0.717, 1.165) is 48.8 Å². The second kappa shape index (κ2) is 8.97. The highest BCUT2D eigenvalue weighted by Gasteiger charge is 2.27. The van der Waals surface area contributed by atoms with Crippen LogP contribution in [0, 0.1) is 0 Å². The molecule has 5 nitrogen and oxygen atoms in total. The fraction of sp³-hybridized carbons (Fsp3) is 0.421. The van der Waals surface area contributed by atoms with Crippen molar-refractivity contribution in [2.24, 2.45) is 0 Å². The number of benzene rings is 1. The van der Waals surface area contributed by atoms with Crippen molar-refractivity contribution in [1.82, 2.24) is 20.2 Å². The van der Waals surface area contributed by atoms with Gasteiger partial charge in [0.15, 0.2) is 5.16 Å². The van der Waals surface area contributed by atoms with E-state index in [-0.39, 0.29) is 11.9 Å². The molecule has 1 aliphatic heterocycles. The zero-order chi connectivity index (χ0) is 17.5. The van der Waals surface area contributed by atoms with Crippen LogP contribution < -0.4 is 5.32 Å². The molecule has 0 unspecified atom stereocenters. The molecule has 0 spiro atoms. The van der Waals surface area contributed by atoms with Crippen LogP contribution in [0.4, 0.5) is 0 Å². The van der Waals surface area contributed by atoms with Crippen LogP contribution >= 0.6 is 11.8 Å². The van der Waals surface area contributed by atoms with Crippen LogP contribution in [0.5, 0.6) is 0 Å². The lowest BCUT2D eigenvalue weighted by Gasteiger charge is -2.34. The van der Waals surface area contributed by atoms with Gasteiger partial charge < -0.3 is 5.32 Å². The largest absolute Gasteiger partial charge is 0.358 e. The summed E-state index contributed by atoms with van der Waals surface area (Å²) in [5.41, 5.74) is 2.32. The van der Waals surface area contributed by atoms with E-state index < -0.39 is 0 Å². The summed E-state index contributed by atoms with van der Waals surface area (Å²) in [7, 11) is 1.71. The van der Waals surface area contributed by atoms with E-state index in [4.69, 9.17) is 0 Å². The van der Waals surface area contributed by atoms with Crippen LogP contribution in [0.25, 0.3) is 0 Å². The zero-order valence-electron chi connectivity index (χ0n) is 14.5. The van der Waals surface area contributed by atoms with Gasteiger partial charge in [-0.2, -0.15) is 0 Å². The molecule has 1 atom stereocenters. The van der Waals surface area contributed by atoms with Gasteiger partial charge in [0.25, 0.3) is 0 Å². The molecule has 1 amide bonds. The topological polar surface area (TPSA) is 58.1 Å². The number of piperidine rings is 1. The molecule has 1 N–H and O–H groups in total. The molecule has 1 aromatic carbocycles. The summed E-state index contributed by atoms with van der Waals surface area (Å²) in [6, 6.07) is 10.3. The fourth-order valence-electron chi connectivity index (χ4n) is 3.10. The lowest BCUT2D eigenvalue weighted by molar-refractivity contribution is -0.127. The zero-order valence-corrected chi connectivity index (χ0v) is 15.3. The van der Waals surface area contributed by atoms with Crippen LogP contribution in [-0.2, 0) is 17.1 Å². The number of aromatic nitrogens is 2. The Hall–Kier alpha value is -1.92. The maximum Gasteiger partial charge on any atom is 0.237 e. The lowest BCUT2D eigenvalue weighted by Crippen LogP contribution is -2.48. The minimum absolute atomic E-state index is 0.0362. The van der Waals surface area contributed by atoms with Gasteiger partial charge in [0.2, 0.25) is 5.91 Å². The fourth-order valence-corrected chi connectivity index (χ4v) is 3.84. The van der Waals surface area contributed by atoms with Crippen molar-refractivity contribution in [2.75, 3.05) is 13.6 Å². The van der Waals surface area contributed by atoms with Crippen LogP contribution in [-0.4, -0.2) is 40.4 Å². The second-order valence-corrected chi connectivity index (χ2v) is 7.19. The number of nitrogens with zero attached hydrogens (tertiary/aromatic N) is 3. The molecule has 2 aromatic rings. The number of carbonyl (C=O) groups is 1. The Kier molecular flexibility index (Phi) is 6.42. The minimum atomic E-state index is -0.0362. The Balaban J connectivity index is 1.57. The van der Waals surface area contributed by atoms with Gasteiger partial charge in [-0.1, -0.05) is 48.5 Å². The molecule has 0 bridgehead atoms. The van der Waals surface area contributed by atoms with Gasteiger partial charge in [0.05, 0.1) is 6.04 Å². The molecule has 1 aliphatic rings. The number of hydrogen-bond acceptors (Lipinski definition) is 5. The van der Waals surface area contributed by atoms with E-state index >= 15 is 0 Å². The van der Waals surface area contributed by atoms with E-state index in [0.29, 0.717) is 0 Å². The molecule has 0 radical (unpaired) electrons. The van der Waals surface area contributed by atoms with E-state index in [1.54, 1.807) is 18.8 Å². The van der Waals surface area contributed by atoms with Gasteiger partial charge in [-0.25, -0.2) is 9.97 Å². The Morgan fingerprint density at radius 1 is 1.20 bits per heavy atom. The molecular formula is C19H24N4OS. The Labute approximate surface area is 153 Å². The molecule has 1 saturated heterocycles. The van der Waals surface area contributed by atoms with Crippen LogP contribution in [0.2, 0.25) is 0 Å². The van der Waals surface area contributed by atoms with Gasteiger partial charge in [-0.15, -0.1) is 0 Å². The highest BCUT2D eigenvalue weighted by molar-refractivity contribution is 7.98. The summed E-state index contributed by atoms with van der Waals surface area (Å²) >= 11 is 1.64. The predicted molar refractivity (Wildman–Crippen MR) is 100 cm³/mol. The van der Waals surface area contributed by atoms with Gasteiger partial charge in [0.1, 0.15) is 0 Å². The average molecular weight is 356 g/mol. The molecule has 25 heavy (non-hydrogen) atoms. The van der Waals surface area contributed by atoms with Gasteiger partial charge >= 0.3 is 0 Å². The van der Waals surface area contributed by atoms with Crippen molar-refractivity contribution in [2.45, 2.75) is 42.8 Å². The number of carbonyl (C=O) groups excluding carboxylic acids is 1. The average Bonchev–Trinajstić information content (AvgIpc) is 2.68. The van der Waals surface area contributed by atoms with Crippen molar-refractivity contribution < 1.29 is 4.79 Å². The van der Waals surface area contributed by atoms with Crippen molar-refractivity contribution >= 4 is 17.7 Å². The first-order chi connectivity index (χ1) is 12.3. The molecule has 0 aliphatic carbocycles. The normalized spacial score (nSPS) is 18.0. The van der Waals surface area contributed by atoms with E-state index in [1.165, 1.54) is 5.56 Å². The summed E-state index contributed by atoms with van der Waals surface area (Å²) in [6.07, 6.45) is 6.94. The summed E-state index contributed by atoms with van der Waals surface area (Å²) < 4.78 is 0. The maximum atomic E-state index is 12.1. The molecule has 0 saturated carbocycles. The number of hydrogen-bond donors (Lipinski definition) is 1. The third kappa shape index (κ3) is 5.03. The smallest absolute Gasteiger partial charge is 0.237 e. The van der Waals surface area contributed by atoms with Crippen molar-refractivity contribution in [3.8, 4) is 0 Å². The number of thioether (sulfide) groups is 1. The molecule has 3 rings (SSSR count). The molecule has 132 valence electrons. The third-order valence-electron chi connectivity index (χ3n) is 4.44. The van der Waals surface area contributed by atoms with E-state index in [1.807, 2.05) is 30.6 Å². The van der Waals surface area contributed by atoms with Crippen molar-refractivity contribution in [3.63, 3.8) is 0 Å². The molecule has 2 heterocycles. The predicted octanol–water partition coefficient (Wildman–Crippen LogP) is 2.87. The third-order valence-corrected chi connectivity index (χ3v) is 5.39. The van der Waals surface area contributed by atoms with Crippen LogP contribution in [0.15, 0.2) is 47.9 Å². The van der Waals surface area contributed by atoms with E-state index in [2.05, 4.69) is 32.3 Å². The second-order valence-electron chi connectivity index (χ2n) is 6.24. The first-order valence-electron chi connectivity index (χ1n) is 8.69. The van der Waals surface area contributed by atoms with Crippen LogP contribution in [0.3, 0.4) is 0 Å². The first-order valence-corrected chi connectivity index (χ1v) is 9.68. The monoisotopic (exact) mass is 356 g/mol. The Morgan fingerprint density at radius 3 is 2.68 bits per heavy atom. The number of likely N-dealkylation sites (tertiary alicyclic amines) is 1. The quantitative estimate of drug-likeness (QED) is 0.637. The Morgan fingerprint density at radius 2 is 1.96 bits per heavy atom.